The van der Waals surface area contributed by atoms with E-state index in [4.69, 9.17) is 0 Å². The van der Waals surface area contributed by atoms with Gasteiger partial charge in [0.1, 0.15) is 0 Å². The number of carbonyl (C=O) groups is 1. The topological polar surface area (TPSA) is 46.5 Å². The number of ether oxygens (including phenoxy) is 1. The van der Waals surface area contributed by atoms with Gasteiger partial charge in [0, 0.05) is 6.42 Å². The molecule has 0 aliphatic carbocycles. The summed E-state index contributed by atoms with van der Waals surface area (Å²) >= 11 is 0. The number of esters is 1. The Morgan fingerprint density at radius 2 is 1.89 bits per heavy atom. The maximum absolute atomic E-state index is 11.0. The van der Waals surface area contributed by atoms with Crippen LogP contribution in [0.3, 0.4) is 0 Å². The van der Waals surface area contributed by atoms with Gasteiger partial charge in [-0.25, -0.2) is 0 Å². The van der Waals surface area contributed by atoms with Crippen molar-refractivity contribution in [3.63, 3.8) is 0 Å². The summed E-state index contributed by atoms with van der Waals surface area (Å²) in [4.78, 5) is 11.0. The van der Waals surface area contributed by atoms with Crippen LogP contribution in [0.2, 0.25) is 0 Å². The van der Waals surface area contributed by atoms with E-state index >= 15 is 0 Å². The third-order valence-corrected chi connectivity index (χ3v) is 3.13. The zero-order valence-electron chi connectivity index (χ0n) is 12.1. The van der Waals surface area contributed by atoms with E-state index in [2.05, 4.69) is 18.6 Å². The molecule has 106 valence electrons. The Balaban J connectivity index is 2.45. The fourth-order valence-corrected chi connectivity index (χ4v) is 2.03. The Kier molecular flexibility index (Phi) is 6.57. The van der Waals surface area contributed by atoms with E-state index in [1.807, 2.05) is 24.3 Å². The monoisotopic (exact) mass is 264 g/mol. The first-order chi connectivity index (χ1) is 9.02. The largest absolute Gasteiger partial charge is 0.469 e. The van der Waals surface area contributed by atoms with Gasteiger partial charge in [-0.15, -0.1) is 0 Å². The standard InChI is InChI=1S/C16H24O3/c1-12(2)11-15(17)14-9-7-13(8-10-14)5-4-6-16(18)19-3/h7-10,12,15,17H,4-6,11H2,1-3H3. The first kappa shape index (κ1) is 15.7. The molecule has 0 amide bonds. The number of benzene rings is 1. The molecule has 1 N–H and O–H groups in total. The molecule has 0 aliphatic rings. The number of hydrogen-bond donors (Lipinski definition) is 1. The molecule has 0 aromatic heterocycles. The van der Waals surface area contributed by atoms with Gasteiger partial charge in [-0.2, -0.15) is 0 Å². The minimum atomic E-state index is -0.385. The second-order valence-corrected chi connectivity index (χ2v) is 5.32. The molecular weight excluding hydrogens is 240 g/mol. The minimum Gasteiger partial charge on any atom is -0.469 e. The average Bonchev–Trinajstić information content (AvgIpc) is 2.38. The van der Waals surface area contributed by atoms with Crippen molar-refractivity contribution >= 4 is 5.97 Å². The number of aryl methyl sites for hydroxylation is 1. The Bertz CT molecular complexity index is 381. The molecule has 0 heterocycles. The lowest BCUT2D eigenvalue weighted by Gasteiger charge is -2.13. The van der Waals surface area contributed by atoms with Crippen molar-refractivity contribution in [1.29, 1.82) is 0 Å². The Labute approximate surface area is 115 Å². The highest BCUT2D eigenvalue weighted by Gasteiger charge is 2.09. The lowest BCUT2D eigenvalue weighted by Crippen LogP contribution is -2.02. The second kappa shape index (κ2) is 7.95. The van der Waals surface area contributed by atoms with Crippen molar-refractivity contribution in [1.82, 2.24) is 0 Å². The van der Waals surface area contributed by atoms with Crippen molar-refractivity contribution in [2.24, 2.45) is 5.92 Å². The van der Waals surface area contributed by atoms with E-state index < -0.39 is 0 Å². The molecule has 0 aliphatic heterocycles. The smallest absolute Gasteiger partial charge is 0.305 e. The van der Waals surface area contributed by atoms with E-state index in [9.17, 15) is 9.90 Å². The summed E-state index contributed by atoms with van der Waals surface area (Å²) in [6.45, 7) is 4.20. The van der Waals surface area contributed by atoms with Gasteiger partial charge >= 0.3 is 5.97 Å². The van der Waals surface area contributed by atoms with Crippen LogP contribution in [-0.4, -0.2) is 18.2 Å². The number of aliphatic hydroxyl groups is 1. The van der Waals surface area contributed by atoms with Crippen LogP contribution in [0.15, 0.2) is 24.3 Å². The summed E-state index contributed by atoms with van der Waals surface area (Å²) in [6, 6.07) is 7.99. The number of hydrogen-bond acceptors (Lipinski definition) is 3. The normalized spacial score (nSPS) is 12.5. The van der Waals surface area contributed by atoms with Gasteiger partial charge < -0.3 is 9.84 Å². The third kappa shape index (κ3) is 5.88. The maximum Gasteiger partial charge on any atom is 0.305 e. The summed E-state index contributed by atoms with van der Waals surface area (Å²) in [7, 11) is 1.41. The molecule has 0 fully saturated rings. The Morgan fingerprint density at radius 1 is 1.26 bits per heavy atom. The molecule has 19 heavy (non-hydrogen) atoms. The van der Waals surface area contributed by atoms with Crippen LogP contribution in [0.1, 0.15) is 50.3 Å². The van der Waals surface area contributed by atoms with Gasteiger partial charge in [0.15, 0.2) is 0 Å². The molecule has 1 rings (SSSR count). The predicted octanol–water partition coefficient (Wildman–Crippen LogP) is 3.26. The summed E-state index contributed by atoms with van der Waals surface area (Å²) in [5, 5.41) is 10.0. The summed E-state index contributed by atoms with van der Waals surface area (Å²) in [5.74, 6) is 0.318. The highest BCUT2D eigenvalue weighted by atomic mass is 16.5. The van der Waals surface area contributed by atoms with E-state index in [1.165, 1.54) is 12.7 Å². The quantitative estimate of drug-likeness (QED) is 0.769. The molecule has 0 bridgehead atoms. The summed E-state index contributed by atoms with van der Waals surface area (Å²) < 4.78 is 4.60. The highest BCUT2D eigenvalue weighted by molar-refractivity contribution is 5.69. The molecule has 0 saturated heterocycles. The molecule has 1 atom stereocenters. The molecule has 3 nitrogen and oxygen atoms in total. The van der Waals surface area contributed by atoms with E-state index in [0.717, 1.165) is 24.8 Å². The number of aliphatic hydroxyl groups excluding tert-OH is 1. The summed E-state index contributed by atoms with van der Waals surface area (Å²) in [6.07, 6.45) is 2.50. The number of methoxy groups -OCH3 is 1. The lowest BCUT2D eigenvalue weighted by atomic mass is 9.98. The Hall–Kier alpha value is -1.35. The molecule has 0 spiro atoms. The van der Waals surface area contributed by atoms with Gasteiger partial charge in [-0.3, -0.25) is 4.79 Å². The van der Waals surface area contributed by atoms with Crippen LogP contribution in [-0.2, 0) is 16.0 Å². The van der Waals surface area contributed by atoms with Crippen molar-refractivity contribution in [3.8, 4) is 0 Å². The van der Waals surface area contributed by atoms with E-state index in [1.54, 1.807) is 0 Å². The maximum atomic E-state index is 11.0. The van der Waals surface area contributed by atoms with Gasteiger partial charge in [0.25, 0.3) is 0 Å². The zero-order chi connectivity index (χ0) is 14.3. The second-order valence-electron chi connectivity index (χ2n) is 5.32. The molecular formula is C16H24O3. The fraction of sp³-hybridized carbons (Fsp3) is 0.562. The third-order valence-electron chi connectivity index (χ3n) is 3.13. The molecule has 1 aromatic rings. The van der Waals surface area contributed by atoms with Crippen molar-refractivity contribution in [2.45, 2.75) is 45.6 Å². The number of carbonyl (C=O) groups excluding carboxylic acids is 1. The van der Waals surface area contributed by atoms with Crippen molar-refractivity contribution in [3.05, 3.63) is 35.4 Å². The van der Waals surface area contributed by atoms with Gasteiger partial charge in [0.2, 0.25) is 0 Å². The summed E-state index contributed by atoms with van der Waals surface area (Å²) in [5.41, 5.74) is 2.15. The van der Waals surface area contributed by atoms with E-state index in [0.29, 0.717) is 12.3 Å². The first-order valence-electron chi connectivity index (χ1n) is 6.86. The molecule has 3 heteroatoms. The SMILES string of the molecule is COC(=O)CCCc1ccc(C(O)CC(C)C)cc1. The van der Waals surface area contributed by atoms with Crippen LogP contribution >= 0.6 is 0 Å². The lowest BCUT2D eigenvalue weighted by molar-refractivity contribution is -0.140. The molecule has 1 aromatic carbocycles. The van der Waals surface area contributed by atoms with Crippen LogP contribution in [0.5, 0.6) is 0 Å². The zero-order valence-corrected chi connectivity index (χ0v) is 12.1. The Morgan fingerprint density at radius 3 is 2.42 bits per heavy atom. The van der Waals surface area contributed by atoms with Gasteiger partial charge in [0.05, 0.1) is 13.2 Å². The molecule has 0 radical (unpaired) electrons. The predicted molar refractivity (Wildman–Crippen MR) is 75.8 cm³/mol. The van der Waals surface area contributed by atoms with Gasteiger partial charge in [-0.1, -0.05) is 38.1 Å². The van der Waals surface area contributed by atoms with Gasteiger partial charge in [-0.05, 0) is 36.3 Å². The van der Waals surface area contributed by atoms with Crippen LogP contribution in [0, 0.1) is 5.92 Å². The average molecular weight is 264 g/mol. The molecule has 1 unspecified atom stereocenters. The highest BCUT2D eigenvalue weighted by Crippen LogP contribution is 2.21. The van der Waals surface area contributed by atoms with Crippen molar-refractivity contribution < 1.29 is 14.6 Å². The van der Waals surface area contributed by atoms with Crippen LogP contribution < -0.4 is 0 Å². The van der Waals surface area contributed by atoms with Crippen LogP contribution in [0.25, 0.3) is 0 Å². The van der Waals surface area contributed by atoms with E-state index in [-0.39, 0.29) is 12.1 Å². The molecule has 0 saturated carbocycles. The number of rotatable bonds is 7. The minimum absolute atomic E-state index is 0.163. The van der Waals surface area contributed by atoms with Crippen LogP contribution in [0.4, 0.5) is 0 Å². The fourth-order valence-electron chi connectivity index (χ4n) is 2.03. The first-order valence-corrected chi connectivity index (χ1v) is 6.86. The van der Waals surface area contributed by atoms with Crippen molar-refractivity contribution in [2.75, 3.05) is 7.11 Å².